The van der Waals surface area contributed by atoms with Crippen LogP contribution in [0.1, 0.15) is 24.4 Å². The van der Waals surface area contributed by atoms with Gasteiger partial charge in [-0.1, -0.05) is 30.3 Å². The fourth-order valence-corrected chi connectivity index (χ4v) is 2.46. The third-order valence-electron chi connectivity index (χ3n) is 3.30. The van der Waals surface area contributed by atoms with Gasteiger partial charge in [-0.15, -0.1) is 0 Å². The highest BCUT2D eigenvalue weighted by Gasteiger charge is 2.30. The summed E-state index contributed by atoms with van der Waals surface area (Å²) in [4.78, 5) is 13.9. The number of benzene rings is 1. The van der Waals surface area contributed by atoms with E-state index in [-0.39, 0.29) is 12.0 Å². The lowest BCUT2D eigenvalue weighted by Gasteiger charge is -2.35. The zero-order valence-electron chi connectivity index (χ0n) is 10.2. The molecule has 2 unspecified atom stereocenters. The maximum absolute atomic E-state index is 12.0. The first kappa shape index (κ1) is 13.0. The summed E-state index contributed by atoms with van der Waals surface area (Å²) in [6.07, 6.45) is 1.32. The second-order valence-corrected chi connectivity index (χ2v) is 4.61. The number of amides is 1. The molecule has 0 aromatic heterocycles. The van der Waals surface area contributed by atoms with Gasteiger partial charge in [0.05, 0.1) is 6.10 Å². The molecule has 1 fully saturated rings. The topological polar surface area (TPSA) is 78.6 Å². The third-order valence-corrected chi connectivity index (χ3v) is 3.30. The van der Waals surface area contributed by atoms with Crippen LogP contribution in [0.3, 0.4) is 0 Å². The van der Waals surface area contributed by atoms with Crippen LogP contribution in [0.2, 0.25) is 0 Å². The van der Waals surface area contributed by atoms with Crippen LogP contribution >= 0.6 is 0 Å². The molecule has 5 nitrogen and oxygen atoms in total. The van der Waals surface area contributed by atoms with Gasteiger partial charge in [-0.05, 0) is 24.9 Å². The quantitative estimate of drug-likeness (QED) is 0.405. The van der Waals surface area contributed by atoms with E-state index in [2.05, 4.69) is 5.43 Å². The average molecular weight is 249 g/mol. The van der Waals surface area contributed by atoms with Gasteiger partial charge in [0.25, 0.3) is 5.91 Å². The monoisotopic (exact) mass is 249 g/mol. The van der Waals surface area contributed by atoms with Crippen LogP contribution in [0.5, 0.6) is 0 Å². The lowest BCUT2D eigenvalue weighted by molar-refractivity contribution is -0.128. The van der Waals surface area contributed by atoms with Crippen LogP contribution < -0.4 is 11.3 Å². The first-order valence-electron chi connectivity index (χ1n) is 6.20. The fraction of sp³-hybridized carbons (Fsp3) is 0.462. The highest BCUT2D eigenvalue weighted by molar-refractivity contribution is 5.82. The van der Waals surface area contributed by atoms with Crippen LogP contribution in [0.4, 0.5) is 0 Å². The maximum Gasteiger partial charge on any atom is 0.255 e. The number of likely N-dealkylation sites (tertiary alicyclic amines) is 1. The largest absolute Gasteiger partial charge is 0.392 e. The summed E-state index contributed by atoms with van der Waals surface area (Å²) in [5.74, 6) is 5.02. The maximum atomic E-state index is 12.0. The Balaban J connectivity index is 2.22. The molecule has 0 bridgehead atoms. The standard InChI is InChI=1S/C13H19N3O2/c14-15-13(18)12(10-5-2-1-3-6-10)16-8-4-7-11(17)9-16/h1-3,5-6,11-12,17H,4,7-9,14H2,(H,15,18). The molecule has 4 N–H and O–H groups in total. The first-order chi connectivity index (χ1) is 8.72. The van der Waals surface area contributed by atoms with Crippen molar-refractivity contribution in [2.24, 2.45) is 5.84 Å². The van der Waals surface area contributed by atoms with Crippen LogP contribution in [0.25, 0.3) is 0 Å². The van der Waals surface area contributed by atoms with Crippen molar-refractivity contribution in [2.75, 3.05) is 13.1 Å². The molecule has 1 aliphatic rings. The van der Waals surface area contributed by atoms with Gasteiger partial charge in [0.2, 0.25) is 0 Å². The Morgan fingerprint density at radius 2 is 2.17 bits per heavy atom. The number of hydrogen-bond donors (Lipinski definition) is 3. The molecule has 98 valence electrons. The van der Waals surface area contributed by atoms with Gasteiger partial charge in [0, 0.05) is 6.54 Å². The van der Waals surface area contributed by atoms with Crippen molar-refractivity contribution in [3.63, 3.8) is 0 Å². The number of piperidine rings is 1. The second-order valence-electron chi connectivity index (χ2n) is 4.61. The molecule has 1 aromatic rings. The minimum atomic E-state index is -0.425. The fourth-order valence-electron chi connectivity index (χ4n) is 2.46. The van der Waals surface area contributed by atoms with Crippen LogP contribution in [-0.2, 0) is 4.79 Å². The van der Waals surface area contributed by atoms with Gasteiger partial charge in [-0.2, -0.15) is 0 Å². The van der Waals surface area contributed by atoms with Crippen molar-refractivity contribution in [3.05, 3.63) is 35.9 Å². The van der Waals surface area contributed by atoms with Crippen molar-refractivity contribution >= 4 is 5.91 Å². The lowest BCUT2D eigenvalue weighted by atomic mass is 10.00. The third kappa shape index (κ3) is 2.87. The number of hydrogen-bond acceptors (Lipinski definition) is 4. The van der Waals surface area contributed by atoms with Crippen LogP contribution in [-0.4, -0.2) is 35.1 Å². The van der Waals surface area contributed by atoms with Crippen molar-refractivity contribution in [2.45, 2.75) is 25.0 Å². The molecule has 1 aliphatic heterocycles. The number of hydrazine groups is 1. The molecule has 0 aliphatic carbocycles. The Labute approximate surface area is 107 Å². The Kier molecular flexibility index (Phi) is 4.30. The normalized spacial score (nSPS) is 22.4. The van der Waals surface area contributed by atoms with Gasteiger partial charge in [0.15, 0.2) is 0 Å². The second kappa shape index (κ2) is 5.95. The smallest absolute Gasteiger partial charge is 0.255 e. The summed E-state index contributed by atoms with van der Waals surface area (Å²) < 4.78 is 0. The van der Waals surface area contributed by atoms with E-state index < -0.39 is 6.04 Å². The van der Waals surface area contributed by atoms with Crippen LogP contribution in [0, 0.1) is 0 Å². The summed E-state index contributed by atoms with van der Waals surface area (Å²) in [5, 5.41) is 9.73. The number of aliphatic hydroxyl groups is 1. The van der Waals surface area contributed by atoms with Crippen molar-refractivity contribution in [1.29, 1.82) is 0 Å². The number of carbonyl (C=O) groups is 1. The van der Waals surface area contributed by atoms with Crippen molar-refractivity contribution in [3.8, 4) is 0 Å². The molecular formula is C13H19N3O2. The molecule has 18 heavy (non-hydrogen) atoms. The number of nitrogens with zero attached hydrogens (tertiary/aromatic N) is 1. The predicted molar refractivity (Wildman–Crippen MR) is 68.3 cm³/mol. The number of aliphatic hydroxyl groups excluding tert-OH is 1. The minimum Gasteiger partial charge on any atom is -0.392 e. The zero-order chi connectivity index (χ0) is 13.0. The van der Waals surface area contributed by atoms with E-state index in [9.17, 15) is 9.90 Å². The number of carbonyl (C=O) groups excluding carboxylic acids is 1. The predicted octanol–water partition coefficient (Wildman–Crippen LogP) is 0.174. The van der Waals surface area contributed by atoms with E-state index in [1.807, 2.05) is 35.2 Å². The van der Waals surface area contributed by atoms with Gasteiger partial charge < -0.3 is 5.11 Å². The molecule has 1 heterocycles. The summed E-state index contributed by atoms with van der Waals surface area (Å²) >= 11 is 0. The van der Waals surface area contributed by atoms with E-state index in [1.54, 1.807) is 0 Å². The Morgan fingerprint density at radius 1 is 1.44 bits per heavy atom. The highest BCUT2D eigenvalue weighted by atomic mass is 16.3. The molecule has 5 heteroatoms. The summed E-state index contributed by atoms with van der Waals surface area (Å²) in [6.45, 7) is 1.30. The number of nitrogens with one attached hydrogen (secondary N) is 1. The number of β-amino-alcohol motifs (C(OH)–C–C–N with tert-alkyl or cyclic N) is 1. The van der Waals surface area contributed by atoms with E-state index >= 15 is 0 Å². The summed E-state index contributed by atoms with van der Waals surface area (Å²) in [7, 11) is 0. The van der Waals surface area contributed by atoms with E-state index in [4.69, 9.17) is 5.84 Å². The molecule has 2 rings (SSSR count). The summed E-state index contributed by atoms with van der Waals surface area (Å²) in [6, 6.07) is 9.08. The Morgan fingerprint density at radius 3 is 2.78 bits per heavy atom. The molecule has 1 saturated heterocycles. The first-order valence-corrected chi connectivity index (χ1v) is 6.20. The molecule has 1 aromatic carbocycles. The van der Waals surface area contributed by atoms with Crippen LogP contribution in [0.15, 0.2) is 30.3 Å². The molecular weight excluding hydrogens is 230 g/mol. The Hall–Kier alpha value is -1.43. The highest BCUT2D eigenvalue weighted by Crippen LogP contribution is 2.24. The molecule has 0 saturated carbocycles. The van der Waals surface area contributed by atoms with E-state index in [1.165, 1.54) is 0 Å². The minimum absolute atomic E-state index is 0.240. The van der Waals surface area contributed by atoms with Crippen molar-refractivity contribution in [1.82, 2.24) is 10.3 Å². The molecule has 1 amide bonds. The van der Waals surface area contributed by atoms with E-state index in [0.29, 0.717) is 6.54 Å². The van der Waals surface area contributed by atoms with Gasteiger partial charge in [-0.3, -0.25) is 15.1 Å². The number of nitrogens with two attached hydrogens (primary N) is 1. The molecule has 0 spiro atoms. The van der Waals surface area contributed by atoms with Gasteiger partial charge in [0.1, 0.15) is 6.04 Å². The lowest BCUT2D eigenvalue weighted by Crippen LogP contribution is -2.48. The zero-order valence-corrected chi connectivity index (χ0v) is 10.2. The molecule has 0 radical (unpaired) electrons. The molecule has 2 atom stereocenters. The van der Waals surface area contributed by atoms with E-state index in [0.717, 1.165) is 24.9 Å². The van der Waals surface area contributed by atoms with Gasteiger partial charge >= 0.3 is 0 Å². The van der Waals surface area contributed by atoms with Crippen molar-refractivity contribution < 1.29 is 9.90 Å². The SMILES string of the molecule is NNC(=O)C(c1ccccc1)N1CCCC(O)C1. The summed E-state index contributed by atoms with van der Waals surface area (Å²) in [5.41, 5.74) is 3.11. The Bertz CT molecular complexity index is 396. The number of rotatable bonds is 3. The average Bonchev–Trinajstić information content (AvgIpc) is 2.40. The van der Waals surface area contributed by atoms with Gasteiger partial charge in [-0.25, -0.2) is 5.84 Å².